The van der Waals surface area contributed by atoms with Gasteiger partial charge in [0.15, 0.2) is 5.96 Å². The van der Waals surface area contributed by atoms with Crippen LogP contribution in [0.25, 0.3) is 0 Å². The van der Waals surface area contributed by atoms with Crippen LogP contribution in [0.15, 0.2) is 23.3 Å². The van der Waals surface area contributed by atoms with Gasteiger partial charge in [-0.1, -0.05) is 6.07 Å². The van der Waals surface area contributed by atoms with Crippen LogP contribution in [0.1, 0.15) is 37.9 Å². The molecule has 0 bridgehead atoms. The summed E-state index contributed by atoms with van der Waals surface area (Å²) in [6.07, 6.45) is 5.10. The summed E-state index contributed by atoms with van der Waals surface area (Å²) >= 11 is 0. The highest BCUT2D eigenvalue weighted by Crippen LogP contribution is 2.24. The zero-order valence-corrected chi connectivity index (χ0v) is 14.0. The molecule has 0 spiro atoms. The number of aliphatic imine (C=N–C) groups is 1. The topological polar surface area (TPSA) is 58.5 Å². The Morgan fingerprint density at radius 3 is 2.91 bits per heavy atom. The molecule has 5 nitrogen and oxygen atoms in total. The first-order chi connectivity index (χ1) is 10.6. The number of hydrogen-bond acceptors (Lipinski definition) is 3. The van der Waals surface area contributed by atoms with Gasteiger partial charge in [0.1, 0.15) is 0 Å². The third-order valence-electron chi connectivity index (χ3n) is 3.90. The van der Waals surface area contributed by atoms with Crippen molar-refractivity contribution in [3.05, 3.63) is 29.6 Å². The lowest BCUT2D eigenvalue weighted by Crippen LogP contribution is -2.40. The van der Waals surface area contributed by atoms with Gasteiger partial charge in [-0.2, -0.15) is 0 Å². The van der Waals surface area contributed by atoms with E-state index in [4.69, 9.17) is 4.74 Å². The second-order valence-corrected chi connectivity index (χ2v) is 6.08. The molecule has 0 radical (unpaired) electrons. The fourth-order valence-corrected chi connectivity index (χ4v) is 2.52. The third-order valence-corrected chi connectivity index (χ3v) is 3.90. The minimum atomic E-state index is -0.0940. The number of nitrogens with one attached hydrogen (secondary N) is 2. The summed E-state index contributed by atoms with van der Waals surface area (Å²) in [7, 11) is 0. The van der Waals surface area contributed by atoms with Crippen molar-refractivity contribution in [2.45, 2.75) is 45.6 Å². The van der Waals surface area contributed by atoms with Crippen molar-refractivity contribution < 1.29 is 4.74 Å². The first-order valence-electron chi connectivity index (χ1n) is 8.19. The maximum atomic E-state index is 5.78. The second kappa shape index (κ2) is 8.13. The molecule has 0 saturated carbocycles. The molecule has 2 N–H and O–H groups in total. The minimum absolute atomic E-state index is 0.0940. The molecule has 22 heavy (non-hydrogen) atoms. The molecule has 1 aliphatic rings. The van der Waals surface area contributed by atoms with E-state index < -0.39 is 0 Å². The average molecular weight is 304 g/mol. The third kappa shape index (κ3) is 5.30. The van der Waals surface area contributed by atoms with Crippen molar-refractivity contribution >= 4 is 5.96 Å². The van der Waals surface area contributed by atoms with Gasteiger partial charge in [-0.3, -0.25) is 9.98 Å². The van der Waals surface area contributed by atoms with Crippen LogP contribution in [0.5, 0.6) is 0 Å². The Bertz CT molecular complexity index is 478. The quantitative estimate of drug-likeness (QED) is 0.624. The summed E-state index contributed by atoms with van der Waals surface area (Å²) in [6.45, 7) is 9.48. The normalized spacial score (nSPS) is 21.9. The number of aryl methyl sites for hydroxylation is 1. The highest BCUT2D eigenvalue weighted by Gasteiger charge is 2.29. The summed E-state index contributed by atoms with van der Waals surface area (Å²) in [5, 5.41) is 6.67. The predicted molar refractivity (Wildman–Crippen MR) is 90.3 cm³/mol. The molecule has 1 fully saturated rings. The molecule has 1 aromatic rings. The largest absolute Gasteiger partial charge is 0.373 e. The van der Waals surface area contributed by atoms with Gasteiger partial charge in [0.25, 0.3) is 0 Å². The lowest BCUT2D eigenvalue weighted by atomic mass is 10.0. The van der Waals surface area contributed by atoms with E-state index in [2.05, 4.69) is 40.5 Å². The molecule has 0 aromatic carbocycles. The molecule has 1 saturated heterocycles. The first kappa shape index (κ1) is 16.7. The number of guanidine groups is 1. The van der Waals surface area contributed by atoms with E-state index >= 15 is 0 Å². The Morgan fingerprint density at radius 1 is 1.41 bits per heavy atom. The van der Waals surface area contributed by atoms with Crippen LogP contribution in [0, 0.1) is 6.92 Å². The van der Waals surface area contributed by atoms with Gasteiger partial charge >= 0.3 is 0 Å². The molecule has 5 heteroatoms. The Balaban J connectivity index is 1.81. The van der Waals surface area contributed by atoms with Crippen LogP contribution in [-0.4, -0.2) is 42.8 Å². The van der Waals surface area contributed by atoms with E-state index in [-0.39, 0.29) is 5.60 Å². The lowest BCUT2D eigenvalue weighted by Gasteiger charge is -2.21. The Labute approximate surface area is 133 Å². The van der Waals surface area contributed by atoms with Crippen LogP contribution in [-0.2, 0) is 11.2 Å². The van der Waals surface area contributed by atoms with Gasteiger partial charge in [0, 0.05) is 31.6 Å². The van der Waals surface area contributed by atoms with Crippen molar-refractivity contribution in [3.63, 3.8) is 0 Å². The fraction of sp³-hybridized carbons (Fsp3) is 0.647. The number of rotatable bonds is 6. The summed E-state index contributed by atoms with van der Waals surface area (Å²) in [5.41, 5.74) is 2.19. The zero-order chi connectivity index (χ0) is 15.8. The van der Waals surface area contributed by atoms with E-state index in [1.165, 1.54) is 5.56 Å². The van der Waals surface area contributed by atoms with Crippen LogP contribution < -0.4 is 10.6 Å². The lowest BCUT2D eigenvalue weighted by molar-refractivity contribution is 0.0283. The summed E-state index contributed by atoms with van der Waals surface area (Å²) < 4.78 is 5.78. The minimum Gasteiger partial charge on any atom is -0.373 e. The Hall–Kier alpha value is -1.62. The van der Waals surface area contributed by atoms with E-state index in [9.17, 15) is 0 Å². The van der Waals surface area contributed by atoms with Gasteiger partial charge in [-0.15, -0.1) is 0 Å². The smallest absolute Gasteiger partial charge is 0.191 e. The molecule has 1 unspecified atom stereocenters. The summed E-state index contributed by atoms with van der Waals surface area (Å²) in [6, 6.07) is 4.17. The van der Waals surface area contributed by atoms with E-state index in [1.807, 2.05) is 19.2 Å². The summed E-state index contributed by atoms with van der Waals surface area (Å²) in [5.74, 6) is 0.860. The predicted octanol–water partition coefficient (Wildman–Crippen LogP) is 2.06. The van der Waals surface area contributed by atoms with Crippen molar-refractivity contribution in [1.82, 2.24) is 15.6 Å². The highest BCUT2D eigenvalue weighted by atomic mass is 16.5. The zero-order valence-electron chi connectivity index (χ0n) is 14.0. The van der Waals surface area contributed by atoms with Crippen LogP contribution >= 0.6 is 0 Å². The van der Waals surface area contributed by atoms with Crippen molar-refractivity contribution in [2.75, 3.05) is 26.2 Å². The van der Waals surface area contributed by atoms with Gasteiger partial charge in [-0.05, 0) is 51.7 Å². The highest BCUT2D eigenvalue weighted by molar-refractivity contribution is 5.79. The van der Waals surface area contributed by atoms with Crippen LogP contribution in [0.4, 0.5) is 0 Å². The number of ether oxygens (including phenoxy) is 1. The van der Waals surface area contributed by atoms with E-state index in [0.717, 1.165) is 50.6 Å². The first-order valence-corrected chi connectivity index (χ1v) is 8.19. The SMILES string of the molecule is CCNC(=NCC1(C)CCCO1)NCCc1ccc(C)nc1. The maximum Gasteiger partial charge on any atom is 0.191 e. The molecular formula is C17H28N4O. The van der Waals surface area contributed by atoms with Crippen molar-refractivity contribution in [2.24, 2.45) is 4.99 Å². The van der Waals surface area contributed by atoms with Crippen molar-refractivity contribution in [3.8, 4) is 0 Å². The molecule has 2 rings (SSSR count). The average Bonchev–Trinajstić information content (AvgIpc) is 2.94. The van der Waals surface area contributed by atoms with Crippen molar-refractivity contribution in [1.29, 1.82) is 0 Å². The summed E-state index contributed by atoms with van der Waals surface area (Å²) in [4.78, 5) is 8.99. The number of hydrogen-bond donors (Lipinski definition) is 2. The van der Waals surface area contributed by atoms with Gasteiger partial charge in [0.2, 0.25) is 0 Å². The molecule has 1 aromatic heterocycles. The standard InChI is InChI=1S/C17H28N4O/c1-4-18-16(21-13-17(3)9-5-11-22-17)19-10-8-15-7-6-14(2)20-12-15/h6-7,12H,4-5,8-11,13H2,1-3H3,(H2,18,19,21). The van der Waals surface area contributed by atoms with Gasteiger partial charge < -0.3 is 15.4 Å². The Kier molecular flexibility index (Phi) is 6.19. The number of nitrogens with zero attached hydrogens (tertiary/aromatic N) is 2. The molecule has 2 heterocycles. The second-order valence-electron chi connectivity index (χ2n) is 6.08. The van der Waals surface area contributed by atoms with E-state index in [0.29, 0.717) is 6.54 Å². The molecule has 0 amide bonds. The van der Waals surface area contributed by atoms with Gasteiger partial charge in [-0.25, -0.2) is 0 Å². The monoisotopic (exact) mass is 304 g/mol. The fourth-order valence-electron chi connectivity index (χ4n) is 2.52. The van der Waals surface area contributed by atoms with Crippen LogP contribution in [0.2, 0.25) is 0 Å². The van der Waals surface area contributed by atoms with Gasteiger partial charge in [0.05, 0.1) is 12.1 Å². The van der Waals surface area contributed by atoms with Crippen LogP contribution in [0.3, 0.4) is 0 Å². The molecule has 1 aliphatic heterocycles. The molecule has 0 aliphatic carbocycles. The maximum absolute atomic E-state index is 5.78. The molecular weight excluding hydrogens is 276 g/mol. The number of pyridine rings is 1. The van der Waals surface area contributed by atoms with E-state index in [1.54, 1.807) is 0 Å². The Morgan fingerprint density at radius 2 is 2.27 bits per heavy atom. The molecule has 1 atom stereocenters. The number of aromatic nitrogens is 1. The molecule has 122 valence electrons.